The van der Waals surface area contributed by atoms with Gasteiger partial charge in [-0.15, -0.1) is 25.3 Å². The third-order valence-electron chi connectivity index (χ3n) is 10.3. The lowest BCUT2D eigenvalue weighted by molar-refractivity contribution is -0.383. The van der Waals surface area contributed by atoms with Gasteiger partial charge in [0.05, 0.1) is 50.3 Å². The Hall–Kier alpha value is -6.59. The number of aromatic nitrogens is 4. The molecule has 0 saturated heterocycles. The van der Waals surface area contributed by atoms with Crippen LogP contribution in [0.2, 0.25) is 0 Å². The van der Waals surface area contributed by atoms with E-state index in [9.17, 15) is 39.0 Å². The van der Waals surface area contributed by atoms with Crippen molar-refractivity contribution in [3.8, 4) is 17.1 Å². The molecule has 6 N–H and O–H groups in total. The Morgan fingerprint density at radius 1 is 0.818 bits per heavy atom. The lowest BCUT2D eigenvalue weighted by atomic mass is 9.85. The number of rotatable bonds is 32. The fraction of sp³-hybridized carbons (Fsp3) is 0.558. The van der Waals surface area contributed by atoms with E-state index in [4.69, 9.17) is 24.7 Å². The molecular formula is C43H59N11O12. The summed E-state index contributed by atoms with van der Waals surface area (Å²) in [5.41, 5.74) is 5.80. The number of carbonyl (C=O) groups excluding carboxylic acids is 5. The van der Waals surface area contributed by atoms with Gasteiger partial charge in [-0.3, -0.25) is 34.1 Å². The smallest absolute Gasteiger partial charge is 0.294 e. The number of nitrogens with zero attached hydrogens (tertiary/aromatic N) is 6. The van der Waals surface area contributed by atoms with Crippen molar-refractivity contribution in [3.05, 3.63) is 57.2 Å². The van der Waals surface area contributed by atoms with Crippen LogP contribution in [-0.2, 0) is 38.2 Å². The molecule has 1 aliphatic rings. The van der Waals surface area contributed by atoms with Crippen LogP contribution in [0.1, 0.15) is 76.5 Å². The minimum atomic E-state index is -0.827. The molecule has 1 aliphatic carbocycles. The average molecular weight is 922 g/mol. The summed E-state index contributed by atoms with van der Waals surface area (Å²) >= 11 is 0. The van der Waals surface area contributed by atoms with Crippen LogP contribution >= 0.6 is 0 Å². The zero-order valence-corrected chi connectivity index (χ0v) is 37.1. The Morgan fingerprint density at radius 2 is 1.50 bits per heavy atom. The highest BCUT2D eigenvalue weighted by Gasteiger charge is 2.28. The first-order chi connectivity index (χ1) is 31.9. The van der Waals surface area contributed by atoms with Gasteiger partial charge in [-0.25, -0.2) is 0 Å². The van der Waals surface area contributed by atoms with E-state index in [2.05, 4.69) is 46.8 Å². The highest BCUT2D eigenvalue weighted by Crippen LogP contribution is 2.38. The second-order valence-corrected chi connectivity index (χ2v) is 15.4. The predicted molar refractivity (Wildman–Crippen MR) is 239 cm³/mol. The van der Waals surface area contributed by atoms with Gasteiger partial charge >= 0.3 is 0 Å². The van der Waals surface area contributed by atoms with Crippen molar-refractivity contribution < 1.29 is 47.8 Å². The van der Waals surface area contributed by atoms with Gasteiger partial charge < -0.3 is 45.9 Å². The van der Waals surface area contributed by atoms with E-state index < -0.39 is 22.4 Å². The first-order valence-electron chi connectivity index (χ1n) is 22.0. The molecule has 23 heteroatoms. The number of benzene rings is 2. The molecule has 3 amide bonds. The summed E-state index contributed by atoms with van der Waals surface area (Å²) in [4.78, 5) is 83.5. The lowest BCUT2D eigenvalue weighted by Crippen LogP contribution is -2.47. The molecule has 3 aromatic rings. The van der Waals surface area contributed by atoms with Gasteiger partial charge in [0.15, 0.2) is 23.1 Å². The summed E-state index contributed by atoms with van der Waals surface area (Å²) < 4.78 is 22.4. The lowest BCUT2D eigenvalue weighted by Gasteiger charge is -2.20. The maximum Gasteiger partial charge on any atom is 0.294 e. The monoisotopic (exact) mass is 921 g/mol. The number of nitro benzene ring substituents is 1. The van der Waals surface area contributed by atoms with Gasteiger partial charge in [0, 0.05) is 56.9 Å². The van der Waals surface area contributed by atoms with Crippen molar-refractivity contribution in [2.75, 3.05) is 76.9 Å². The SMILES string of the molecule is Cc1nnc(-c2ccc(OCCOCCOCCOCCNC(=O)C(CCCCNC(=O)CC3CCC(=O)C(=O)C3)NC(=O)CCCCCNc3ccc([N+](=O)[O-])c(N)c3N=O)cc2)nn1. The van der Waals surface area contributed by atoms with E-state index in [1.54, 1.807) is 19.1 Å². The zero-order chi connectivity index (χ0) is 47.5. The number of nitro groups is 1. The van der Waals surface area contributed by atoms with Crippen LogP contribution in [0.4, 0.5) is 22.7 Å². The van der Waals surface area contributed by atoms with Crippen LogP contribution in [0.3, 0.4) is 0 Å². The number of carbonyl (C=O) groups is 5. The molecule has 1 heterocycles. The van der Waals surface area contributed by atoms with E-state index in [1.807, 2.05) is 12.1 Å². The van der Waals surface area contributed by atoms with Crippen LogP contribution in [0, 0.1) is 27.9 Å². The Kier molecular flexibility index (Phi) is 22.9. The number of unbranched alkanes of at least 4 members (excludes halogenated alkanes) is 3. The fourth-order valence-corrected chi connectivity index (χ4v) is 6.73. The van der Waals surface area contributed by atoms with Crippen LogP contribution < -0.4 is 31.7 Å². The summed E-state index contributed by atoms with van der Waals surface area (Å²) in [6, 6.07) is 8.99. The number of nitrogens with two attached hydrogens (primary N) is 1. The molecule has 1 fully saturated rings. The number of nitroso groups, excluding NO2 is 1. The molecule has 0 radical (unpaired) electrons. The fourth-order valence-electron chi connectivity index (χ4n) is 6.73. The second kappa shape index (κ2) is 29.0. The molecule has 358 valence electrons. The predicted octanol–water partition coefficient (Wildman–Crippen LogP) is 3.45. The Bertz CT molecular complexity index is 2060. The molecule has 0 aliphatic heterocycles. The Balaban J connectivity index is 1.08. The molecule has 66 heavy (non-hydrogen) atoms. The van der Waals surface area contributed by atoms with Crippen LogP contribution in [0.5, 0.6) is 5.75 Å². The van der Waals surface area contributed by atoms with Gasteiger partial charge in [0.25, 0.3) is 5.69 Å². The molecule has 4 rings (SSSR count). The quantitative estimate of drug-likeness (QED) is 0.0149. The van der Waals surface area contributed by atoms with Crippen molar-refractivity contribution >= 4 is 52.0 Å². The molecule has 23 nitrogen and oxygen atoms in total. The highest BCUT2D eigenvalue weighted by molar-refractivity contribution is 6.37. The van der Waals surface area contributed by atoms with Crippen molar-refractivity contribution in [1.29, 1.82) is 0 Å². The maximum absolute atomic E-state index is 13.2. The van der Waals surface area contributed by atoms with Crippen LogP contribution in [-0.4, -0.2) is 127 Å². The first kappa shape index (κ1) is 52.0. The topological polar surface area (TPSA) is 321 Å². The summed E-state index contributed by atoms with van der Waals surface area (Å²) in [7, 11) is 0. The normalized spacial score (nSPS) is 14.0. The summed E-state index contributed by atoms with van der Waals surface area (Å²) in [5.74, 6) is -0.256. The van der Waals surface area contributed by atoms with Gasteiger partial charge in [-0.05, 0) is 86.9 Å². The molecule has 2 aromatic carbocycles. The first-order valence-corrected chi connectivity index (χ1v) is 22.0. The standard InChI is InChI=1S/C43H59N11O12/c1-29-49-51-42(52-50-29)31-10-12-32(13-11-31)66-26-25-65-24-23-64-22-21-63-20-19-47-43(59)34(7-4-6-18-46-39(58)28-30-9-16-36(55)37(56)27-30)48-38(57)8-3-2-5-17-45-33-14-15-35(54(61)62)40(44)41(33)53-60/h10-15,30,34,45H,2-9,16-28,44H2,1H3,(H,46,58)(H,47,59)(H,48,57). The van der Waals surface area contributed by atoms with Crippen molar-refractivity contribution in [2.45, 2.75) is 83.6 Å². The number of Topliss-reactive ketones (excluding diaryl/α,β-unsaturated/α-hetero) is 2. The van der Waals surface area contributed by atoms with Crippen LogP contribution in [0.25, 0.3) is 11.4 Å². The van der Waals surface area contributed by atoms with E-state index in [-0.39, 0.29) is 85.3 Å². The number of anilines is 2. The molecule has 1 aromatic heterocycles. The minimum Gasteiger partial charge on any atom is -0.491 e. The van der Waals surface area contributed by atoms with Gasteiger partial charge in [0.2, 0.25) is 23.5 Å². The molecule has 2 atom stereocenters. The number of hydrogen-bond donors (Lipinski definition) is 5. The molecule has 0 spiro atoms. The van der Waals surface area contributed by atoms with E-state index >= 15 is 0 Å². The summed E-state index contributed by atoms with van der Waals surface area (Å²) in [6.07, 6.45) is 4.19. The van der Waals surface area contributed by atoms with Gasteiger partial charge in [-0.2, -0.15) is 0 Å². The van der Waals surface area contributed by atoms with E-state index in [0.29, 0.717) is 115 Å². The molecule has 1 saturated carbocycles. The largest absolute Gasteiger partial charge is 0.491 e. The maximum atomic E-state index is 13.2. The Morgan fingerprint density at radius 3 is 2.18 bits per heavy atom. The number of aryl methyl sites for hydroxylation is 1. The zero-order valence-electron chi connectivity index (χ0n) is 37.1. The minimum absolute atomic E-state index is 0.0887. The van der Waals surface area contributed by atoms with Gasteiger partial charge in [-0.1, -0.05) is 6.42 Å². The number of nitrogen functional groups attached to an aromatic ring is 1. The molecule has 0 bridgehead atoms. The van der Waals surface area contributed by atoms with Crippen molar-refractivity contribution in [3.63, 3.8) is 0 Å². The third kappa shape index (κ3) is 18.9. The Labute approximate surface area is 381 Å². The number of ether oxygens (including phenoxy) is 4. The number of nitrogens with one attached hydrogen (secondary N) is 4. The van der Waals surface area contributed by atoms with Crippen molar-refractivity contribution in [1.82, 2.24) is 36.3 Å². The molecular weight excluding hydrogens is 863 g/mol. The average Bonchev–Trinajstić information content (AvgIpc) is 3.30. The highest BCUT2D eigenvalue weighted by atomic mass is 16.6. The van der Waals surface area contributed by atoms with Crippen molar-refractivity contribution in [2.24, 2.45) is 11.1 Å². The van der Waals surface area contributed by atoms with E-state index in [0.717, 1.165) is 5.56 Å². The number of ketones is 2. The summed E-state index contributed by atoms with van der Waals surface area (Å²) in [5, 5.41) is 41.3. The van der Waals surface area contributed by atoms with Gasteiger partial charge in [0.1, 0.15) is 24.1 Å². The second-order valence-electron chi connectivity index (χ2n) is 15.4. The molecule has 2 unspecified atom stereocenters. The number of amides is 3. The van der Waals surface area contributed by atoms with Crippen LogP contribution in [0.15, 0.2) is 41.6 Å². The van der Waals surface area contributed by atoms with E-state index in [1.165, 1.54) is 12.1 Å². The number of hydrogen-bond acceptors (Lipinski definition) is 19. The third-order valence-corrected chi connectivity index (χ3v) is 10.3. The summed E-state index contributed by atoms with van der Waals surface area (Å²) in [6.45, 7) is 4.93.